The molecule has 1 aliphatic rings. The number of hydrogen-bond acceptors (Lipinski definition) is 7. The first-order chi connectivity index (χ1) is 13.7. The van der Waals surface area contributed by atoms with Gasteiger partial charge in [0, 0.05) is 38.6 Å². The molecule has 0 radical (unpaired) electrons. The SMILES string of the molecule is CNC(=S)Nc1nc(Sc2ncccn2)cc(N2CCc3ccccc3C2)n1. The van der Waals surface area contributed by atoms with Gasteiger partial charge in [-0.15, -0.1) is 0 Å². The first kappa shape index (κ1) is 18.6. The summed E-state index contributed by atoms with van der Waals surface area (Å²) in [6.07, 6.45) is 4.42. The first-order valence-corrected chi connectivity index (χ1v) is 10.1. The van der Waals surface area contributed by atoms with Crippen molar-refractivity contribution in [3.05, 3.63) is 59.9 Å². The quantitative estimate of drug-likeness (QED) is 0.384. The molecule has 1 aliphatic heterocycles. The van der Waals surface area contributed by atoms with E-state index in [4.69, 9.17) is 12.2 Å². The topological polar surface area (TPSA) is 78.9 Å². The van der Waals surface area contributed by atoms with Crippen molar-refractivity contribution >= 4 is 40.9 Å². The fourth-order valence-corrected chi connectivity index (χ4v) is 3.77. The van der Waals surface area contributed by atoms with Crippen LogP contribution in [0.4, 0.5) is 11.8 Å². The number of benzene rings is 1. The Morgan fingerprint density at radius 1 is 1.11 bits per heavy atom. The molecule has 7 nitrogen and oxygen atoms in total. The van der Waals surface area contributed by atoms with Crippen LogP contribution in [-0.2, 0) is 13.0 Å². The summed E-state index contributed by atoms with van der Waals surface area (Å²) < 4.78 is 0. The van der Waals surface area contributed by atoms with Gasteiger partial charge in [0.2, 0.25) is 5.95 Å². The third-order valence-electron chi connectivity index (χ3n) is 4.33. The lowest BCUT2D eigenvalue weighted by molar-refractivity contribution is 0.717. The molecule has 2 aromatic heterocycles. The molecule has 3 heterocycles. The van der Waals surface area contributed by atoms with Gasteiger partial charge in [-0.25, -0.2) is 15.0 Å². The van der Waals surface area contributed by atoms with Crippen LogP contribution in [0, 0.1) is 0 Å². The van der Waals surface area contributed by atoms with Crippen LogP contribution in [-0.4, -0.2) is 38.6 Å². The van der Waals surface area contributed by atoms with E-state index in [0.717, 1.165) is 30.4 Å². The number of rotatable bonds is 4. The van der Waals surface area contributed by atoms with Gasteiger partial charge in [-0.3, -0.25) is 0 Å². The molecule has 0 aliphatic carbocycles. The molecule has 2 N–H and O–H groups in total. The molecule has 0 saturated carbocycles. The summed E-state index contributed by atoms with van der Waals surface area (Å²) >= 11 is 6.61. The monoisotopic (exact) mass is 409 g/mol. The molecule has 0 spiro atoms. The lowest BCUT2D eigenvalue weighted by Crippen LogP contribution is -2.31. The molecule has 0 amide bonds. The van der Waals surface area contributed by atoms with E-state index in [1.807, 2.05) is 6.07 Å². The van der Waals surface area contributed by atoms with Gasteiger partial charge in [0.05, 0.1) is 0 Å². The average Bonchev–Trinajstić information content (AvgIpc) is 2.74. The molecule has 0 bridgehead atoms. The zero-order valence-electron chi connectivity index (χ0n) is 15.3. The van der Waals surface area contributed by atoms with Crippen molar-refractivity contribution < 1.29 is 0 Å². The maximum absolute atomic E-state index is 5.21. The fourth-order valence-electron chi connectivity index (χ4n) is 2.97. The smallest absolute Gasteiger partial charge is 0.232 e. The molecular formula is C19H19N7S2. The molecule has 0 unspecified atom stereocenters. The summed E-state index contributed by atoms with van der Waals surface area (Å²) in [6.45, 7) is 1.71. The molecule has 0 atom stereocenters. The first-order valence-electron chi connectivity index (χ1n) is 8.85. The summed E-state index contributed by atoms with van der Waals surface area (Å²) in [7, 11) is 1.76. The maximum Gasteiger partial charge on any atom is 0.232 e. The largest absolute Gasteiger partial charge is 0.365 e. The van der Waals surface area contributed by atoms with Gasteiger partial charge in [-0.05, 0) is 47.6 Å². The van der Waals surface area contributed by atoms with Gasteiger partial charge in [-0.1, -0.05) is 24.3 Å². The van der Waals surface area contributed by atoms with Gasteiger partial charge >= 0.3 is 0 Å². The van der Waals surface area contributed by atoms with Gasteiger partial charge in [0.1, 0.15) is 10.8 Å². The van der Waals surface area contributed by atoms with E-state index >= 15 is 0 Å². The number of aromatic nitrogens is 4. The van der Waals surface area contributed by atoms with Gasteiger partial charge < -0.3 is 15.5 Å². The molecule has 1 aromatic carbocycles. The van der Waals surface area contributed by atoms with Crippen LogP contribution in [0.15, 0.2) is 59.0 Å². The number of hydrogen-bond donors (Lipinski definition) is 2. The third kappa shape index (κ3) is 4.37. The van der Waals surface area contributed by atoms with Gasteiger partial charge in [0.15, 0.2) is 10.3 Å². The van der Waals surface area contributed by atoms with E-state index in [-0.39, 0.29) is 0 Å². The fraction of sp³-hybridized carbons (Fsp3) is 0.211. The molecule has 9 heteroatoms. The average molecular weight is 410 g/mol. The Morgan fingerprint density at radius 2 is 1.89 bits per heavy atom. The van der Waals surface area contributed by atoms with Crippen LogP contribution in [0.3, 0.4) is 0 Å². The van der Waals surface area contributed by atoms with E-state index in [1.165, 1.54) is 22.9 Å². The van der Waals surface area contributed by atoms with Crippen molar-refractivity contribution in [2.45, 2.75) is 23.1 Å². The second-order valence-corrected chi connectivity index (χ2v) is 7.56. The summed E-state index contributed by atoms with van der Waals surface area (Å²) in [5, 5.41) is 7.79. The third-order valence-corrected chi connectivity index (χ3v) is 5.45. The van der Waals surface area contributed by atoms with Crippen LogP contribution in [0.2, 0.25) is 0 Å². The summed E-state index contributed by atoms with van der Waals surface area (Å²) in [5.41, 5.74) is 2.73. The van der Waals surface area contributed by atoms with E-state index in [2.05, 4.69) is 59.7 Å². The zero-order valence-corrected chi connectivity index (χ0v) is 16.9. The normalized spacial score (nSPS) is 13.0. The van der Waals surface area contributed by atoms with Crippen LogP contribution in [0.5, 0.6) is 0 Å². The van der Waals surface area contributed by atoms with Crippen molar-refractivity contribution in [1.82, 2.24) is 25.3 Å². The van der Waals surface area contributed by atoms with Crippen LogP contribution >= 0.6 is 24.0 Å². The van der Waals surface area contributed by atoms with Crippen molar-refractivity contribution in [3.8, 4) is 0 Å². The van der Waals surface area contributed by atoms with Crippen LogP contribution in [0.25, 0.3) is 0 Å². The molecule has 3 aromatic rings. The minimum absolute atomic E-state index is 0.453. The summed E-state index contributed by atoms with van der Waals surface area (Å²) in [4.78, 5) is 20.0. The predicted molar refractivity (Wildman–Crippen MR) is 115 cm³/mol. The standard InChI is InChI=1S/C19H19N7S2/c1-20-18(27)25-17-23-15(11-16(24-17)28-19-21-8-4-9-22-19)26-10-7-13-5-2-3-6-14(13)12-26/h2-6,8-9,11H,7,10,12H2,1H3,(H2,20,23,24,25,27). The zero-order chi connectivity index (χ0) is 19.3. The number of nitrogens with zero attached hydrogens (tertiary/aromatic N) is 5. The van der Waals surface area contributed by atoms with Crippen LogP contribution < -0.4 is 15.5 Å². The molecule has 28 heavy (non-hydrogen) atoms. The highest BCUT2D eigenvalue weighted by Gasteiger charge is 2.19. The Hall–Kier alpha value is -2.78. The lowest BCUT2D eigenvalue weighted by Gasteiger charge is -2.30. The van der Waals surface area contributed by atoms with Gasteiger partial charge in [0.25, 0.3) is 0 Å². The highest BCUT2D eigenvalue weighted by atomic mass is 32.2. The molecular weight excluding hydrogens is 390 g/mol. The Labute approximate surface area is 173 Å². The minimum atomic E-state index is 0.453. The molecule has 142 valence electrons. The van der Waals surface area contributed by atoms with Crippen molar-refractivity contribution in [2.24, 2.45) is 0 Å². The van der Waals surface area contributed by atoms with E-state index in [1.54, 1.807) is 25.5 Å². The Balaban J connectivity index is 1.64. The second-order valence-electron chi connectivity index (χ2n) is 6.17. The second kappa shape index (κ2) is 8.49. The van der Waals surface area contributed by atoms with Crippen molar-refractivity contribution in [2.75, 3.05) is 23.8 Å². The van der Waals surface area contributed by atoms with Crippen LogP contribution in [0.1, 0.15) is 11.1 Å². The number of anilines is 2. The number of fused-ring (bicyclic) bond motifs is 1. The minimum Gasteiger partial charge on any atom is -0.365 e. The Kier molecular flexibility index (Phi) is 5.63. The highest BCUT2D eigenvalue weighted by Crippen LogP contribution is 2.29. The molecule has 0 fully saturated rings. The maximum atomic E-state index is 5.21. The number of nitrogens with one attached hydrogen (secondary N) is 2. The Morgan fingerprint density at radius 3 is 2.68 bits per heavy atom. The summed E-state index contributed by atoms with van der Waals surface area (Å²) in [6, 6.07) is 12.3. The van der Waals surface area contributed by atoms with Gasteiger partial charge in [-0.2, -0.15) is 4.98 Å². The molecule has 0 saturated heterocycles. The Bertz CT molecular complexity index is 981. The van der Waals surface area contributed by atoms with Crippen molar-refractivity contribution in [1.29, 1.82) is 0 Å². The summed E-state index contributed by atoms with van der Waals surface area (Å²) in [5.74, 6) is 1.30. The van der Waals surface area contributed by atoms with E-state index < -0.39 is 0 Å². The highest BCUT2D eigenvalue weighted by molar-refractivity contribution is 7.99. The van der Waals surface area contributed by atoms with Crippen molar-refractivity contribution in [3.63, 3.8) is 0 Å². The lowest BCUT2D eigenvalue weighted by atomic mass is 10.00. The van der Waals surface area contributed by atoms with E-state index in [0.29, 0.717) is 16.2 Å². The predicted octanol–water partition coefficient (Wildman–Crippen LogP) is 2.90. The molecule has 4 rings (SSSR count). The number of thiocarbonyl (C=S) groups is 1. The van der Waals surface area contributed by atoms with E-state index in [9.17, 15) is 0 Å².